The van der Waals surface area contributed by atoms with Crippen LogP contribution in [0.5, 0.6) is 0 Å². The number of nitrogens with one attached hydrogen (secondary N) is 2. The van der Waals surface area contributed by atoms with Crippen LogP contribution in [0.2, 0.25) is 0 Å². The van der Waals surface area contributed by atoms with Crippen molar-refractivity contribution in [2.24, 2.45) is 0 Å². The number of benzene rings is 2. The van der Waals surface area contributed by atoms with Crippen molar-refractivity contribution >= 4 is 29.1 Å². The lowest BCUT2D eigenvalue weighted by molar-refractivity contribution is -0.117. The molecule has 0 aromatic heterocycles. The van der Waals surface area contributed by atoms with Gasteiger partial charge in [0, 0.05) is 30.4 Å². The fraction of sp³-hybridized carbons (Fsp3) is 0.286. The molecule has 2 aromatic rings. The fourth-order valence-corrected chi connectivity index (χ4v) is 3.35. The van der Waals surface area contributed by atoms with E-state index in [4.69, 9.17) is 0 Å². The van der Waals surface area contributed by atoms with Crippen LogP contribution in [0.1, 0.15) is 34.8 Å². The Morgan fingerprint density at radius 2 is 1.85 bits per heavy atom. The molecule has 0 unspecified atom stereocenters. The normalized spacial score (nSPS) is 12.9. The van der Waals surface area contributed by atoms with Gasteiger partial charge in [0.2, 0.25) is 11.8 Å². The predicted molar refractivity (Wildman–Crippen MR) is 105 cm³/mol. The van der Waals surface area contributed by atoms with Gasteiger partial charge < -0.3 is 15.5 Å². The van der Waals surface area contributed by atoms with E-state index in [1.54, 1.807) is 30.0 Å². The molecule has 2 aromatic carbocycles. The summed E-state index contributed by atoms with van der Waals surface area (Å²) < 4.78 is 0. The molecule has 0 radical (unpaired) electrons. The average Bonchev–Trinajstić information content (AvgIpc) is 2.66. The summed E-state index contributed by atoms with van der Waals surface area (Å²) in [5.74, 6) is -0.667. The van der Waals surface area contributed by atoms with Gasteiger partial charge in [-0.2, -0.15) is 0 Å². The Bertz CT molecular complexity index is 892. The molecule has 1 heterocycles. The summed E-state index contributed by atoms with van der Waals surface area (Å²) in [5, 5.41) is 5.41. The van der Waals surface area contributed by atoms with E-state index in [0.717, 1.165) is 24.1 Å². The molecule has 6 heteroatoms. The molecule has 6 nitrogen and oxygen atoms in total. The van der Waals surface area contributed by atoms with E-state index in [9.17, 15) is 14.4 Å². The van der Waals surface area contributed by atoms with Crippen molar-refractivity contribution in [3.05, 3.63) is 59.2 Å². The van der Waals surface area contributed by atoms with Crippen LogP contribution in [-0.2, 0) is 16.0 Å². The lowest BCUT2D eigenvalue weighted by Gasteiger charge is -2.29. The molecule has 0 bridgehead atoms. The number of fused-ring (bicyclic) bond motifs is 1. The third-order valence-electron chi connectivity index (χ3n) is 4.70. The van der Waals surface area contributed by atoms with Gasteiger partial charge in [-0.25, -0.2) is 0 Å². The molecule has 0 atom stereocenters. The lowest BCUT2D eigenvalue weighted by atomic mass is 10.0. The Morgan fingerprint density at radius 1 is 1.07 bits per heavy atom. The van der Waals surface area contributed by atoms with E-state index >= 15 is 0 Å². The summed E-state index contributed by atoms with van der Waals surface area (Å²) in [4.78, 5) is 38.2. The minimum absolute atomic E-state index is 0.0724. The van der Waals surface area contributed by atoms with Gasteiger partial charge in [0.15, 0.2) is 0 Å². The van der Waals surface area contributed by atoms with E-state index in [-0.39, 0.29) is 24.3 Å². The summed E-state index contributed by atoms with van der Waals surface area (Å²) in [5.41, 5.74) is 3.77. The third kappa shape index (κ3) is 4.16. The molecular weight excluding hydrogens is 342 g/mol. The number of aryl methyl sites for hydroxylation is 1. The summed E-state index contributed by atoms with van der Waals surface area (Å²) in [6.45, 7) is 3.77. The van der Waals surface area contributed by atoms with E-state index < -0.39 is 0 Å². The van der Waals surface area contributed by atoms with Crippen LogP contribution in [0.25, 0.3) is 0 Å². The highest BCUT2D eigenvalue weighted by Crippen LogP contribution is 2.26. The maximum atomic E-state index is 12.6. The maximum Gasteiger partial charge on any atom is 0.252 e. The number of hydrogen-bond donors (Lipinski definition) is 2. The van der Waals surface area contributed by atoms with Gasteiger partial charge in [-0.15, -0.1) is 0 Å². The van der Waals surface area contributed by atoms with Crippen molar-refractivity contribution in [1.29, 1.82) is 0 Å². The van der Waals surface area contributed by atoms with Crippen molar-refractivity contribution in [2.75, 3.05) is 23.3 Å². The number of anilines is 2. The topological polar surface area (TPSA) is 78.5 Å². The molecule has 0 spiro atoms. The maximum absolute atomic E-state index is 12.6. The van der Waals surface area contributed by atoms with Crippen LogP contribution in [0.15, 0.2) is 42.5 Å². The molecule has 3 amide bonds. The van der Waals surface area contributed by atoms with Gasteiger partial charge >= 0.3 is 0 Å². The second-order valence-corrected chi connectivity index (χ2v) is 6.62. The predicted octanol–water partition coefficient (Wildman–Crippen LogP) is 2.66. The number of para-hydroxylation sites is 1. The first-order chi connectivity index (χ1) is 13.0. The Hall–Kier alpha value is -3.15. The van der Waals surface area contributed by atoms with Crippen LogP contribution in [0, 0.1) is 6.92 Å². The molecular formula is C21H23N3O3. The van der Waals surface area contributed by atoms with Gasteiger partial charge in [-0.3, -0.25) is 14.4 Å². The Labute approximate surface area is 158 Å². The first kappa shape index (κ1) is 18.6. The van der Waals surface area contributed by atoms with Gasteiger partial charge in [0.05, 0.1) is 6.54 Å². The summed E-state index contributed by atoms with van der Waals surface area (Å²) >= 11 is 0. The highest BCUT2D eigenvalue weighted by molar-refractivity contribution is 6.02. The Kier molecular flexibility index (Phi) is 5.54. The average molecular weight is 365 g/mol. The molecule has 0 saturated heterocycles. The van der Waals surface area contributed by atoms with E-state index in [1.165, 1.54) is 6.92 Å². The monoisotopic (exact) mass is 365 g/mol. The molecule has 1 aliphatic heterocycles. The van der Waals surface area contributed by atoms with Crippen molar-refractivity contribution in [1.82, 2.24) is 5.32 Å². The highest BCUT2D eigenvalue weighted by Gasteiger charge is 2.22. The van der Waals surface area contributed by atoms with Crippen molar-refractivity contribution in [3.8, 4) is 0 Å². The van der Waals surface area contributed by atoms with Crippen LogP contribution in [0.4, 0.5) is 11.4 Å². The zero-order valence-corrected chi connectivity index (χ0v) is 15.5. The van der Waals surface area contributed by atoms with Gasteiger partial charge in [0.25, 0.3) is 5.91 Å². The van der Waals surface area contributed by atoms with Crippen LogP contribution >= 0.6 is 0 Å². The van der Waals surface area contributed by atoms with Gasteiger partial charge in [0.1, 0.15) is 0 Å². The van der Waals surface area contributed by atoms with Gasteiger partial charge in [-0.05, 0) is 49.1 Å². The second kappa shape index (κ2) is 8.03. The molecule has 0 saturated carbocycles. The summed E-state index contributed by atoms with van der Waals surface area (Å²) in [7, 11) is 0. The number of carbonyl (C=O) groups is 3. The quantitative estimate of drug-likeness (QED) is 0.874. The lowest BCUT2D eigenvalue weighted by Crippen LogP contribution is -2.42. The molecule has 1 aliphatic rings. The fourth-order valence-electron chi connectivity index (χ4n) is 3.35. The first-order valence-corrected chi connectivity index (χ1v) is 9.01. The van der Waals surface area contributed by atoms with Crippen LogP contribution in [0.3, 0.4) is 0 Å². The molecule has 3 rings (SSSR count). The largest absolute Gasteiger partial charge is 0.343 e. The molecule has 27 heavy (non-hydrogen) atoms. The standard InChI is InChI=1S/C21H23N3O3/c1-14-17(9-5-10-18(14)23-15(2)25)21(27)22-13-20(26)24-12-6-8-16-7-3-4-11-19(16)24/h3-5,7,9-11H,6,8,12-13H2,1-2H3,(H,22,27)(H,23,25). The molecule has 0 aliphatic carbocycles. The second-order valence-electron chi connectivity index (χ2n) is 6.62. The molecule has 2 N–H and O–H groups in total. The van der Waals surface area contributed by atoms with Crippen molar-refractivity contribution in [3.63, 3.8) is 0 Å². The SMILES string of the molecule is CC(=O)Nc1cccc(C(=O)NCC(=O)N2CCCc3ccccc32)c1C. The minimum atomic E-state index is -0.335. The molecule has 0 fully saturated rings. The number of hydrogen-bond acceptors (Lipinski definition) is 3. The van der Waals surface area contributed by atoms with Crippen LogP contribution in [-0.4, -0.2) is 30.8 Å². The number of amides is 3. The van der Waals surface area contributed by atoms with Crippen LogP contribution < -0.4 is 15.5 Å². The van der Waals surface area contributed by atoms with Gasteiger partial charge in [-0.1, -0.05) is 24.3 Å². The van der Waals surface area contributed by atoms with Crippen molar-refractivity contribution < 1.29 is 14.4 Å². The zero-order chi connectivity index (χ0) is 19.4. The highest BCUT2D eigenvalue weighted by atomic mass is 16.2. The Balaban J connectivity index is 1.68. The smallest absolute Gasteiger partial charge is 0.252 e. The minimum Gasteiger partial charge on any atom is -0.343 e. The number of nitrogens with zero attached hydrogens (tertiary/aromatic N) is 1. The van der Waals surface area contributed by atoms with E-state index in [2.05, 4.69) is 10.6 Å². The first-order valence-electron chi connectivity index (χ1n) is 9.01. The third-order valence-corrected chi connectivity index (χ3v) is 4.70. The molecule has 140 valence electrons. The number of rotatable bonds is 4. The van der Waals surface area contributed by atoms with Crippen molar-refractivity contribution in [2.45, 2.75) is 26.7 Å². The van der Waals surface area contributed by atoms with E-state index in [1.807, 2.05) is 24.3 Å². The number of carbonyl (C=O) groups excluding carboxylic acids is 3. The summed E-state index contributed by atoms with van der Waals surface area (Å²) in [6, 6.07) is 13.0. The summed E-state index contributed by atoms with van der Waals surface area (Å²) in [6.07, 6.45) is 1.87. The zero-order valence-electron chi connectivity index (χ0n) is 15.5. The van der Waals surface area contributed by atoms with E-state index in [0.29, 0.717) is 23.4 Å². The Morgan fingerprint density at radius 3 is 2.63 bits per heavy atom.